The number of nitrogens with one attached hydrogen (secondary N) is 1. The van der Waals surface area contributed by atoms with Crippen molar-refractivity contribution >= 4 is 17.4 Å². The van der Waals surface area contributed by atoms with Crippen molar-refractivity contribution in [2.24, 2.45) is 0 Å². The van der Waals surface area contributed by atoms with Crippen LogP contribution in [-0.2, 0) is 6.54 Å². The topological polar surface area (TPSA) is 61.6 Å². The quantitative estimate of drug-likeness (QED) is 0.722. The van der Waals surface area contributed by atoms with E-state index in [9.17, 15) is 4.79 Å². The van der Waals surface area contributed by atoms with Crippen molar-refractivity contribution in [3.8, 4) is 0 Å². The number of aromatic nitrogens is 1. The van der Waals surface area contributed by atoms with Gasteiger partial charge in [0.05, 0.1) is 12.8 Å². The molecule has 0 unspecified atom stereocenters. The Hall–Kier alpha value is -3.28. The molecule has 1 aliphatic heterocycles. The number of amides is 1. The second-order valence-electron chi connectivity index (χ2n) is 7.36. The van der Waals surface area contributed by atoms with Crippen LogP contribution in [-0.4, -0.2) is 37.1 Å². The predicted molar refractivity (Wildman–Crippen MR) is 114 cm³/mol. The van der Waals surface area contributed by atoms with Crippen LogP contribution < -0.4 is 15.1 Å². The Morgan fingerprint density at radius 3 is 2.62 bits per heavy atom. The average molecular weight is 390 g/mol. The monoisotopic (exact) mass is 390 g/mol. The van der Waals surface area contributed by atoms with Crippen LogP contribution >= 0.6 is 0 Å². The maximum Gasteiger partial charge on any atom is 0.251 e. The van der Waals surface area contributed by atoms with Gasteiger partial charge in [0.15, 0.2) is 0 Å². The number of carbonyl (C=O) groups is 1. The van der Waals surface area contributed by atoms with E-state index in [-0.39, 0.29) is 5.91 Å². The number of piperazine rings is 1. The van der Waals surface area contributed by atoms with E-state index in [2.05, 4.69) is 52.1 Å². The van der Waals surface area contributed by atoms with Gasteiger partial charge in [-0.25, -0.2) is 4.98 Å². The van der Waals surface area contributed by atoms with Gasteiger partial charge in [-0.3, -0.25) is 4.79 Å². The molecule has 4 rings (SSSR count). The molecule has 0 saturated carbocycles. The number of aryl methyl sites for hydroxylation is 1. The minimum absolute atomic E-state index is 0.126. The van der Waals surface area contributed by atoms with Crippen molar-refractivity contribution in [3.63, 3.8) is 0 Å². The lowest BCUT2D eigenvalue weighted by atomic mass is 10.1. The maximum atomic E-state index is 12.5. The first-order valence-corrected chi connectivity index (χ1v) is 9.94. The minimum Gasteiger partial charge on any atom is -0.467 e. The molecular weight excluding hydrogens is 364 g/mol. The highest BCUT2D eigenvalue weighted by molar-refractivity contribution is 5.94. The van der Waals surface area contributed by atoms with Crippen molar-refractivity contribution in [2.45, 2.75) is 20.4 Å². The molecule has 0 spiro atoms. The number of rotatable bonds is 5. The van der Waals surface area contributed by atoms with Crippen LogP contribution in [0.2, 0.25) is 0 Å². The molecule has 150 valence electrons. The summed E-state index contributed by atoms with van der Waals surface area (Å²) in [5.74, 6) is 1.45. The van der Waals surface area contributed by atoms with E-state index in [4.69, 9.17) is 4.42 Å². The molecule has 1 N–H and O–H groups in total. The number of benzene rings is 1. The molecule has 1 saturated heterocycles. The predicted octanol–water partition coefficient (Wildman–Crippen LogP) is 3.55. The highest BCUT2D eigenvalue weighted by Gasteiger charge is 2.20. The summed E-state index contributed by atoms with van der Waals surface area (Å²) in [4.78, 5) is 21.6. The van der Waals surface area contributed by atoms with Gasteiger partial charge in [-0.15, -0.1) is 0 Å². The fraction of sp³-hybridized carbons (Fsp3) is 0.304. The first-order valence-electron chi connectivity index (χ1n) is 9.94. The van der Waals surface area contributed by atoms with E-state index in [0.717, 1.165) is 37.8 Å². The zero-order chi connectivity index (χ0) is 20.2. The number of nitrogens with zero attached hydrogens (tertiary/aromatic N) is 3. The molecule has 1 aromatic carbocycles. The average Bonchev–Trinajstić information content (AvgIpc) is 3.28. The van der Waals surface area contributed by atoms with Crippen LogP contribution in [0.3, 0.4) is 0 Å². The smallest absolute Gasteiger partial charge is 0.251 e. The second-order valence-corrected chi connectivity index (χ2v) is 7.36. The fourth-order valence-corrected chi connectivity index (χ4v) is 3.67. The molecule has 0 aliphatic carbocycles. The van der Waals surface area contributed by atoms with Crippen LogP contribution in [0.4, 0.5) is 11.5 Å². The van der Waals surface area contributed by atoms with E-state index >= 15 is 0 Å². The van der Waals surface area contributed by atoms with E-state index in [1.165, 1.54) is 16.8 Å². The highest BCUT2D eigenvalue weighted by atomic mass is 16.3. The molecule has 2 aromatic heterocycles. The molecule has 6 nitrogen and oxygen atoms in total. The molecule has 29 heavy (non-hydrogen) atoms. The third-order valence-electron chi connectivity index (χ3n) is 5.53. The number of pyridine rings is 1. The summed E-state index contributed by atoms with van der Waals surface area (Å²) in [5.41, 5.74) is 4.58. The Morgan fingerprint density at radius 2 is 1.86 bits per heavy atom. The van der Waals surface area contributed by atoms with E-state index in [1.54, 1.807) is 18.5 Å². The van der Waals surface area contributed by atoms with Gasteiger partial charge < -0.3 is 19.5 Å². The van der Waals surface area contributed by atoms with Crippen molar-refractivity contribution < 1.29 is 9.21 Å². The van der Waals surface area contributed by atoms with Crippen molar-refractivity contribution in [1.29, 1.82) is 0 Å². The summed E-state index contributed by atoms with van der Waals surface area (Å²) < 4.78 is 5.26. The Labute approximate surface area is 171 Å². The summed E-state index contributed by atoms with van der Waals surface area (Å²) in [6.07, 6.45) is 3.30. The highest BCUT2D eigenvalue weighted by Crippen LogP contribution is 2.25. The molecule has 6 heteroatoms. The van der Waals surface area contributed by atoms with E-state index in [1.807, 2.05) is 18.2 Å². The number of hydrogen-bond donors (Lipinski definition) is 1. The van der Waals surface area contributed by atoms with Crippen LogP contribution in [0.5, 0.6) is 0 Å². The number of hydrogen-bond acceptors (Lipinski definition) is 5. The van der Waals surface area contributed by atoms with Gasteiger partial charge in [0, 0.05) is 43.6 Å². The molecule has 0 radical (unpaired) electrons. The molecule has 0 atom stereocenters. The Kier molecular flexibility index (Phi) is 5.51. The summed E-state index contributed by atoms with van der Waals surface area (Å²) in [6.45, 7) is 8.32. The van der Waals surface area contributed by atoms with Crippen molar-refractivity contribution in [1.82, 2.24) is 10.3 Å². The van der Waals surface area contributed by atoms with Gasteiger partial charge in [0.1, 0.15) is 11.6 Å². The lowest BCUT2D eigenvalue weighted by Crippen LogP contribution is -2.47. The van der Waals surface area contributed by atoms with Gasteiger partial charge in [-0.05, 0) is 55.3 Å². The maximum absolute atomic E-state index is 12.5. The second kappa shape index (κ2) is 8.39. The lowest BCUT2D eigenvalue weighted by molar-refractivity contribution is 0.0948. The zero-order valence-corrected chi connectivity index (χ0v) is 16.9. The van der Waals surface area contributed by atoms with Crippen LogP contribution in [0.25, 0.3) is 0 Å². The molecule has 1 amide bonds. The number of furan rings is 1. The SMILES string of the molecule is Cc1cccc(N2CCN(c3cc(C(=O)NCc4ccco4)ccn3)CC2)c1C. The normalized spacial score (nSPS) is 14.1. The molecule has 0 bridgehead atoms. The first kappa shape index (κ1) is 19.1. The third-order valence-corrected chi connectivity index (χ3v) is 5.53. The summed E-state index contributed by atoms with van der Waals surface area (Å²) >= 11 is 0. The van der Waals surface area contributed by atoms with Crippen LogP contribution in [0, 0.1) is 13.8 Å². The van der Waals surface area contributed by atoms with Gasteiger partial charge in [0.2, 0.25) is 0 Å². The van der Waals surface area contributed by atoms with E-state index < -0.39 is 0 Å². The van der Waals surface area contributed by atoms with Crippen molar-refractivity contribution in [2.75, 3.05) is 36.0 Å². The van der Waals surface area contributed by atoms with Gasteiger partial charge in [-0.2, -0.15) is 0 Å². The first-order chi connectivity index (χ1) is 14.1. The summed E-state index contributed by atoms with van der Waals surface area (Å²) in [7, 11) is 0. The third kappa shape index (κ3) is 4.26. The lowest BCUT2D eigenvalue weighted by Gasteiger charge is -2.37. The molecule has 1 aliphatic rings. The van der Waals surface area contributed by atoms with E-state index in [0.29, 0.717) is 12.1 Å². The summed E-state index contributed by atoms with van der Waals surface area (Å²) in [5, 5.41) is 2.88. The Balaban J connectivity index is 1.39. The fourth-order valence-electron chi connectivity index (χ4n) is 3.67. The molecule has 3 aromatic rings. The number of carbonyl (C=O) groups excluding carboxylic acids is 1. The largest absolute Gasteiger partial charge is 0.467 e. The minimum atomic E-state index is -0.126. The number of anilines is 2. The molecule has 1 fully saturated rings. The molecular formula is C23H26N4O2. The Morgan fingerprint density at radius 1 is 1.07 bits per heavy atom. The Bertz CT molecular complexity index is 976. The van der Waals surface area contributed by atoms with Crippen LogP contribution in [0.1, 0.15) is 27.2 Å². The van der Waals surface area contributed by atoms with Crippen molar-refractivity contribution in [3.05, 3.63) is 77.4 Å². The van der Waals surface area contributed by atoms with Gasteiger partial charge in [0.25, 0.3) is 5.91 Å². The summed E-state index contributed by atoms with van der Waals surface area (Å²) in [6, 6.07) is 13.7. The standard InChI is InChI=1S/C23H26N4O2/c1-17-5-3-7-21(18(17)2)26-10-12-27(13-11-26)22-15-19(8-9-24-22)23(28)25-16-20-6-4-14-29-20/h3-9,14-15H,10-13,16H2,1-2H3,(H,25,28). The van der Waals surface area contributed by atoms with Crippen LogP contribution in [0.15, 0.2) is 59.3 Å². The molecule has 3 heterocycles. The van der Waals surface area contributed by atoms with Gasteiger partial charge in [-0.1, -0.05) is 12.1 Å². The zero-order valence-electron chi connectivity index (χ0n) is 16.9. The van der Waals surface area contributed by atoms with Gasteiger partial charge >= 0.3 is 0 Å².